The first-order valence-electron chi connectivity index (χ1n) is 8.87. The Hall–Kier alpha value is -1.90. The Morgan fingerprint density at radius 1 is 1.12 bits per heavy atom. The Balaban J connectivity index is 1.60. The van der Waals surface area contributed by atoms with Crippen molar-refractivity contribution in [2.45, 2.75) is 32.2 Å². The lowest BCUT2D eigenvalue weighted by molar-refractivity contribution is 0.181. The third-order valence-electron chi connectivity index (χ3n) is 4.63. The molecule has 0 atom stereocenters. The highest BCUT2D eigenvalue weighted by atomic mass is 32.2. The van der Waals surface area contributed by atoms with E-state index in [1.165, 1.54) is 5.56 Å². The number of ether oxygens (including phenoxy) is 1. The molecule has 1 fully saturated rings. The lowest BCUT2D eigenvalue weighted by atomic mass is 10.2. The highest BCUT2D eigenvalue weighted by molar-refractivity contribution is 7.89. The molecular weight excluding hydrogens is 352 g/mol. The number of sulfonamides is 1. The number of piperazine rings is 1. The fourth-order valence-electron chi connectivity index (χ4n) is 3.29. The van der Waals surface area contributed by atoms with Crippen LogP contribution in [0.15, 0.2) is 29.2 Å². The Kier molecular flexibility index (Phi) is 5.64. The average Bonchev–Trinajstić information content (AvgIpc) is 2.96. The SMILES string of the molecule is CCOc1ccc(CN2CCN(S(=O)(=O)c3c(C)n[nH]c3C)CC2)cc1. The number of benzene rings is 1. The molecule has 1 saturated heterocycles. The van der Waals surface area contributed by atoms with Gasteiger partial charge in [0.25, 0.3) is 0 Å². The summed E-state index contributed by atoms with van der Waals surface area (Å²) in [6, 6.07) is 8.08. The standard InChI is InChI=1S/C18H26N4O3S/c1-4-25-17-7-5-16(6-8-17)13-21-9-11-22(12-10-21)26(23,24)18-14(2)19-20-15(18)3/h5-8H,4,9-13H2,1-3H3,(H,19,20). The molecule has 0 spiro atoms. The molecule has 0 amide bonds. The first kappa shape index (κ1) is 18.9. The molecule has 0 bridgehead atoms. The zero-order valence-corrected chi connectivity index (χ0v) is 16.3. The summed E-state index contributed by atoms with van der Waals surface area (Å²) in [5.74, 6) is 0.873. The monoisotopic (exact) mass is 378 g/mol. The summed E-state index contributed by atoms with van der Waals surface area (Å²) in [5.41, 5.74) is 2.32. The van der Waals surface area contributed by atoms with Gasteiger partial charge in [0.15, 0.2) is 0 Å². The second kappa shape index (κ2) is 7.77. The van der Waals surface area contributed by atoms with Crippen molar-refractivity contribution < 1.29 is 13.2 Å². The van der Waals surface area contributed by atoms with Crippen LogP contribution in [0.4, 0.5) is 0 Å². The maximum Gasteiger partial charge on any atom is 0.246 e. The average molecular weight is 378 g/mol. The molecule has 0 radical (unpaired) electrons. The van der Waals surface area contributed by atoms with Crippen molar-refractivity contribution in [2.24, 2.45) is 0 Å². The van der Waals surface area contributed by atoms with Crippen LogP contribution in [0.1, 0.15) is 23.9 Å². The number of hydrogen-bond acceptors (Lipinski definition) is 5. The Bertz CT molecular complexity index is 818. The number of aryl methyl sites for hydroxylation is 2. The third kappa shape index (κ3) is 3.92. The molecule has 2 heterocycles. The number of aromatic amines is 1. The van der Waals surface area contributed by atoms with Crippen LogP contribution in [0.25, 0.3) is 0 Å². The second-order valence-corrected chi connectivity index (χ2v) is 8.40. The summed E-state index contributed by atoms with van der Waals surface area (Å²) in [5, 5.41) is 6.78. The van der Waals surface area contributed by atoms with Gasteiger partial charge >= 0.3 is 0 Å². The van der Waals surface area contributed by atoms with Gasteiger partial charge in [-0.3, -0.25) is 10.00 Å². The van der Waals surface area contributed by atoms with E-state index < -0.39 is 10.0 Å². The lowest BCUT2D eigenvalue weighted by Crippen LogP contribution is -2.48. The first-order valence-corrected chi connectivity index (χ1v) is 10.3. The van der Waals surface area contributed by atoms with Crippen molar-refractivity contribution in [1.29, 1.82) is 0 Å². The molecule has 1 aliphatic rings. The molecule has 0 saturated carbocycles. The van der Waals surface area contributed by atoms with E-state index in [0.29, 0.717) is 49.1 Å². The van der Waals surface area contributed by atoms with Crippen LogP contribution < -0.4 is 4.74 Å². The zero-order valence-electron chi connectivity index (χ0n) is 15.5. The Morgan fingerprint density at radius 2 is 1.77 bits per heavy atom. The van der Waals surface area contributed by atoms with Crippen LogP contribution in [0, 0.1) is 13.8 Å². The normalized spacial score (nSPS) is 16.7. The van der Waals surface area contributed by atoms with E-state index in [1.807, 2.05) is 19.1 Å². The summed E-state index contributed by atoms with van der Waals surface area (Å²) < 4.78 is 32.8. The zero-order chi connectivity index (χ0) is 18.7. The van der Waals surface area contributed by atoms with Gasteiger partial charge in [-0.05, 0) is 38.5 Å². The van der Waals surface area contributed by atoms with Crippen molar-refractivity contribution in [3.05, 3.63) is 41.2 Å². The van der Waals surface area contributed by atoms with Gasteiger partial charge < -0.3 is 4.74 Å². The molecule has 8 heteroatoms. The van der Waals surface area contributed by atoms with Crippen molar-refractivity contribution in [1.82, 2.24) is 19.4 Å². The van der Waals surface area contributed by atoms with Crippen molar-refractivity contribution in [3.8, 4) is 5.75 Å². The molecule has 2 aromatic rings. The topological polar surface area (TPSA) is 78.5 Å². The Morgan fingerprint density at radius 3 is 2.31 bits per heavy atom. The summed E-state index contributed by atoms with van der Waals surface area (Å²) in [6.45, 7) is 9.30. The van der Waals surface area contributed by atoms with Gasteiger partial charge in [0.2, 0.25) is 10.0 Å². The second-order valence-electron chi connectivity index (χ2n) is 6.52. The number of H-pyrrole nitrogens is 1. The van der Waals surface area contributed by atoms with Crippen LogP contribution in [-0.4, -0.2) is 60.6 Å². The fraction of sp³-hybridized carbons (Fsp3) is 0.500. The molecule has 1 aromatic carbocycles. The lowest BCUT2D eigenvalue weighted by Gasteiger charge is -2.34. The predicted octanol–water partition coefficient (Wildman–Crippen LogP) is 1.93. The van der Waals surface area contributed by atoms with Crippen LogP contribution in [0.3, 0.4) is 0 Å². The molecule has 0 unspecified atom stereocenters. The number of nitrogens with zero attached hydrogens (tertiary/aromatic N) is 3. The number of aromatic nitrogens is 2. The minimum Gasteiger partial charge on any atom is -0.494 e. The summed E-state index contributed by atoms with van der Waals surface area (Å²) in [7, 11) is -3.49. The van der Waals surface area contributed by atoms with Crippen LogP contribution in [-0.2, 0) is 16.6 Å². The number of rotatable bonds is 6. The van der Waals surface area contributed by atoms with Crippen LogP contribution in [0.5, 0.6) is 5.75 Å². The van der Waals surface area contributed by atoms with E-state index in [-0.39, 0.29) is 0 Å². The first-order chi connectivity index (χ1) is 12.4. The molecule has 26 heavy (non-hydrogen) atoms. The van der Waals surface area contributed by atoms with Crippen molar-refractivity contribution in [3.63, 3.8) is 0 Å². The third-order valence-corrected chi connectivity index (χ3v) is 6.79. The smallest absolute Gasteiger partial charge is 0.246 e. The minimum absolute atomic E-state index is 0.317. The van der Waals surface area contributed by atoms with E-state index in [0.717, 1.165) is 12.3 Å². The summed E-state index contributed by atoms with van der Waals surface area (Å²) >= 11 is 0. The van der Waals surface area contributed by atoms with Gasteiger partial charge in [-0.25, -0.2) is 8.42 Å². The van der Waals surface area contributed by atoms with Gasteiger partial charge in [-0.1, -0.05) is 12.1 Å². The summed E-state index contributed by atoms with van der Waals surface area (Å²) in [4.78, 5) is 2.59. The van der Waals surface area contributed by atoms with Gasteiger partial charge in [0.1, 0.15) is 10.6 Å². The van der Waals surface area contributed by atoms with Crippen molar-refractivity contribution >= 4 is 10.0 Å². The maximum absolute atomic E-state index is 12.9. The molecule has 1 N–H and O–H groups in total. The Labute approximate surface area is 155 Å². The maximum atomic E-state index is 12.9. The van der Waals surface area contributed by atoms with Gasteiger partial charge in [0, 0.05) is 32.7 Å². The van der Waals surface area contributed by atoms with E-state index >= 15 is 0 Å². The van der Waals surface area contributed by atoms with Crippen molar-refractivity contribution in [2.75, 3.05) is 32.8 Å². The van der Waals surface area contributed by atoms with Crippen LogP contribution in [0.2, 0.25) is 0 Å². The van der Waals surface area contributed by atoms with E-state index in [1.54, 1.807) is 18.2 Å². The quantitative estimate of drug-likeness (QED) is 0.831. The number of hydrogen-bond donors (Lipinski definition) is 1. The molecule has 0 aliphatic carbocycles. The van der Waals surface area contributed by atoms with E-state index in [4.69, 9.17) is 4.74 Å². The number of nitrogens with one attached hydrogen (secondary N) is 1. The highest BCUT2D eigenvalue weighted by Gasteiger charge is 2.32. The molecule has 3 rings (SSSR count). The molecular formula is C18H26N4O3S. The molecule has 7 nitrogen and oxygen atoms in total. The van der Waals surface area contributed by atoms with E-state index in [9.17, 15) is 8.42 Å². The predicted molar refractivity (Wildman–Crippen MR) is 99.7 cm³/mol. The fourth-order valence-corrected chi connectivity index (χ4v) is 5.05. The summed E-state index contributed by atoms with van der Waals surface area (Å²) in [6.07, 6.45) is 0. The van der Waals surface area contributed by atoms with E-state index in [2.05, 4.69) is 27.2 Å². The molecule has 1 aromatic heterocycles. The largest absolute Gasteiger partial charge is 0.494 e. The van der Waals surface area contributed by atoms with Crippen LogP contribution >= 0.6 is 0 Å². The van der Waals surface area contributed by atoms with Gasteiger partial charge in [-0.15, -0.1) is 0 Å². The minimum atomic E-state index is -3.49. The van der Waals surface area contributed by atoms with Gasteiger partial charge in [0.05, 0.1) is 18.0 Å². The van der Waals surface area contributed by atoms with Gasteiger partial charge in [-0.2, -0.15) is 9.40 Å². The molecule has 1 aliphatic heterocycles. The molecule has 142 valence electrons. The highest BCUT2D eigenvalue weighted by Crippen LogP contribution is 2.23.